The van der Waals surface area contributed by atoms with Gasteiger partial charge in [-0.3, -0.25) is 14.4 Å². The number of amides is 3. The molecule has 2 aromatic rings. The summed E-state index contributed by atoms with van der Waals surface area (Å²) in [5, 5.41) is 17.1. The van der Waals surface area contributed by atoms with Crippen LogP contribution in [-0.2, 0) is 32.0 Å². The molecule has 0 saturated carbocycles. The van der Waals surface area contributed by atoms with Gasteiger partial charge in [-0.25, -0.2) is 4.79 Å². The van der Waals surface area contributed by atoms with Crippen molar-refractivity contribution < 1.29 is 24.3 Å². The van der Waals surface area contributed by atoms with E-state index in [1.54, 1.807) is 24.3 Å². The van der Waals surface area contributed by atoms with E-state index in [9.17, 15) is 24.3 Å². The van der Waals surface area contributed by atoms with Crippen molar-refractivity contribution in [1.82, 2.24) is 16.0 Å². The Hall–Kier alpha value is -3.20. The molecule has 9 heteroatoms. The van der Waals surface area contributed by atoms with Gasteiger partial charge in [-0.1, -0.05) is 58.4 Å². The van der Waals surface area contributed by atoms with Crippen LogP contribution in [-0.4, -0.2) is 46.9 Å². The molecule has 0 aliphatic carbocycles. The van der Waals surface area contributed by atoms with Gasteiger partial charge < -0.3 is 21.1 Å². The maximum atomic E-state index is 12.4. The van der Waals surface area contributed by atoms with E-state index in [1.165, 1.54) is 0 Å². The van der Waals surface area contributed by atoms with E-state index in [0.717, 1.165) is 15.6 Å². The SMILES string of the molecule is O=C(C[C@@H]1NC(=O)[C@H](Cc2ccccc2)NC1=O)N[C@H](Cc1ccc(Br)cc1)C(=O)O. The van der Waals surface area contributed by atoms with Crippen LogP contribution < -0.4 is 16.0 Å². The Morgan fingerprint density at radius 2 is 1.55 bits per heavy atom. The van der Waals surface area contributed by atoms with Gasteiger partial charge >= 0.3 is 5.97 Å². The fourth-order valence-corrected chi connectivity index (χ4v) is 3.57. The summed E-state index contributed by atoms with van der Waals surface area (Å²) in [6.45, 7) is 0. The number of piperazine rings is 1. The van der Waals surface area contributed by atoms with Crippen LogP contribution in [0.4, 0.5) is 0 Å². The number of nitrogens with one attached hydrogen (secondary N) is 3. The van der Waals surface area contributed by atoms with E-state index in [0.29, 0.717) is 6.42 Å². The molecule has 162 valence electrons. The smallest absolute Gasteiger partial charge is 0.326 e. The Bertz CT molecular complexity index is 965. The third kappa shape index (κ3) is 6.39. The van der Waals surface area contributed by atoms with Gasteiger partial charge in [0.2, 0.25) is 17.7 Å². The standard InChI is InChI=1S/C22H22BrN3O5/c23-15-8-6-14(7-9-15)11-18(22(30)31)24-19(27)12-17-21(29)25-16(20(28)26-17)10-13-4-2-1-3-5-13/h1-9,16-18H,10-12H2,(H,24,27)(H,25,29)(H,26,28)(H,30,31)/t16-,17-,18+/m0/s1. The quantitative estimate of drug-likeness (QED) is 0.444. The van der Waals surface area contributed by atoms with Gasteiger partial charge in [0.25, 0.3) is 0 Å². The fraction of sp³-hybridized carbons (Fsp3) is 0.273. The molecule has 1 heterocycles. The molecule has 4 N–H and O–H groups in total. The molecule has 0 aromatic heterocycles. The molecule has 1 aliphatic rings. The minimum absolute atomic E-state index is 0.0940. The molecule has 3 amide bonds. The van der Waals surface area contributed by atoms with E-state index in [1.807, 2.05) is 30.3 Å². The fourth-order valence-electron chi connectivity index (χ4n) is 3.31. The topological polar surface area (TPSA) is 125 Å². The van der Waals surface area contributed by atoms with Crippen LogP contribution in [0, 0.1) is 0 Å². The largest absolute Gasteiger partial charge is 0.480 e. The molecule has 8 nitrogen and oxygen atoms in total. The molecule has 2 aromatic carbocycles. The predicted octanol–water partition coefficient (Wildman–Crippen LogP) is 1.18. The highest BCUT2D eigenvalue weighted by Gasteiger charge is 2.35. The zero-order valence-corrected chi connectivity index (χ0v) is 18.1. The lowest BCUT2D eigenvalue weighted by molar-refractivity contribution is -0.142. The Morgan fingerprint density at radius 1 is 0.935 bits per heavy atom. The summed E-state index contributed by atoms with van der Waals surface area (Å²) in [5.74, 6) is -2.68. The van der Waals surface area contributed by atoms with E-state index >= 15 is 0 Å². The molecule has 1 fully saturated rings. The molecular formula is C22H22BrN3O5. The summed E-state index contributed by atoms with van der Waals surface area (Å²) in [4.78, 5) is 48.7. The van der Waals surface area contributed by atoms with Crippen molar-refractivity contribution in [2.24, 2.45) is 0 Å². The molecule has 31 heavy (non-hydrogen) atoms. The summed E-state index contributed by atoms with van der Waals surface area (Å²) in [5.41, 5.74) is 1.64. The van der Waals surface area contributed by atoms with Crippen LogP contribution in [0.1, 0.15) is 17.5 Å². The summed E-state index contributed by atoms with van der Waals surface area (Å²) in [6, 6.07) is 13.4. The van der Waals surface area contributed by atoms with Gasteiger partial charge in [0.05, 0.1) is 6.42 Å². The minimum atomic E-state index is -1.18. The number of benzene rings is 2. The number of hydrogen-bond donors (Lipinski definition) is 4. The third-order valence-corrected chi connectivity index (χ3v) is 5.45. The normalized spacial score (nSPS) is 19.1. The summed E-state index contributed by atoms with van der Waals surface area (Å²) < 4.78 is 0.858. The average molecular weight is 488 g/mol. The van der Waals surface area contributed by atoms with Crippen molar-refractivity contribution in [2.45, 2.75) is 37.4 Å². The van der Waals surface area contributed by atoms with E-state index in [2.05, 4.69) is 31.9 Å². The van der Waals surface area contributed by atoms with Crippen molar-refractivity contribution in [3.8, 4) is 0 Å². The number of carboxylic acids is 1. The first kappa shape index (κ1) is 22.5. The Labute approximate surface area is 187 Å². The molecule has 0 radical (unpaired) electrons. The van der Waals surface area contributed by atoms with Crippen molar-refractivity contribution in [2.75, 3.05) is 0 Å². The highest BCUT2D eigenvalue weighted by atomic mass is 79.9. The van der Waals surface area contributed by atoms with Crippen LogP contribution >= 0.6 is 15.9 Å². The number of carbonyl (C=O) groups excluding carboxylic acids is 3. The van der Waals surface area contributed by atoms with Crippen molar-refractivity contribution in [3.63, 3.8) is 0 Å². The number of rotatable bonds is 8. The highest BCUT2D eigenvalue weighted by Crippen LogP contribution is 2.13. The Morgan fingerprint density at radius 3 is 2.19 bits per heavy atom. The monoisotopic (exact) mass is 487 g/mol. The number of halogens is 1. The van der Waals surface area contributed by atoms with Gasteiger partial charge in [0, 0.05) is 17.3 Å². The van der Waals surface area contributed by atoms with Crippen molar-refractivity contribution >= 4 is 39.6 Å². The second kappa shape index (κ2) is 10.2. The van der Waals surface area contributed by atoms with Gasteiger partial charge in [-0.15, -0.1) is 0 Å². The number of carboxylic acid groups (broad SMARTS) is 1. The van der Waals surface area contributed by atoms with Crippen LogP contribution in [0.5, 0.6) is 0 Å². The molecule has 1 saturated heterocycles. The third-order valence-electron chi connectivity index (χ3n) is 4.92. The molecular weight excluding hydrogens is 466 g/mol. The van der Waals surface area contributed by atoms with Gasteiger partial charge in [0.15, 0.2) is 0 Å². The minimum Gasteiger partial charge on any atom is -0.480 e. The lowest BCUT2D eigenvalue weighted by Crippen LogP contribution is -2.63. The van der Waals surface area contributed by atoms with Crippen LogP contribution in [0.3, 0.4) is 0 Å². The van der Waals surface area contributed by atoms with E-state index < -0.39 is 35.9 Å². The van der Waals surface area contributed by atoms with Crippen molar-refractivity contribution in [1.29, 1.82) is 0 Å². The second-order valence-electron chi connectivity index (χ2n) is 7.31. The average Bonchev–Trinajstić information content (AvgIpc) is 2.73. The predicted molar refractivity (Wildman–Crippen MR) is 116 cm³/mol. The molecule has 3 atom stereocenters. The first-order chi connectivity index (χ1) is 14.8. The first-order valence-electron chi connectivity index (χ1n) is 9.73. The van der Waals surface area contributed by atoms with Crippen molar-refractivity contribution in [3.05, 3.63) is 70.2 Å². The lowest BCUT2D eigenvalue weighted by Gasteiger charge is -2.29. The number of hydrogen-bond acceptors (Lipinski definition) is 4. The Kier molecular flexibility index (Phi) is 7.41. The lowest BCUT2D eigenvalue weighted by atomic mass is 10.0. The molecule has 1 aliphatic heterocycles. The molecule has 0 bridgehead atoms. The molecule has 3 rings (SSSR count). The zero-order chi connectivity index (χ0) is 22.4. The van der Waals surface area contributed by atoms with Crippen LogP contribution in [0.25, 0.3) is 0 Å². The maximum absolute atomic E-state index is 12.4. The zero-order valence-electron chi connectivity index (χ0n) is 16.5. The van der Waals surface area contributed by atoms with Crippen LogP contribution in [0.15, 0.2) is 59.1 Å². The summed E-state index contributed by atoms with van der Waals surface area (Å²) in [7, 11) is 0. The summed E-state index contributed by atoms with van der Waals surface area (Å²) in [6.07, 6.45) is 0.0854. The molecule has 0 unspecified atom stereocenters. The van der Waals surface area contributed by atoms with E-state index in [-0.39, 0.29) is 18.7 Å². The molecule has 0 spiro atoms. The van der Waals surface area contributed by atoms with E-state index in [4.69, 9.17) is 0 Å². The van der Waals surface area contributed by atoms with Gasteiger partial charge in [-0.2, -0.15) is 0 Å². The Balaban J connectivity index is 1.55. The number of carbonyl (C=O) groups is 4. The highest BCUT2D eigenvalue weighted by molar-refractivity contribution is 9.10. The van der Waals surface area contributed by atoms with Gasteiger partial charge in [0.1, 0.15) is 18.1 Å². The summed E-state index contributed by atoms with van der Waals surface area (Å²) >= 11 is 3.31. The maximum Gasteiger partial charge on any atom is 0.326 e. The number of aliphatic carboxylic acids is 1. The second-order valence-corrected chi connectivity index (χ2v) is 8.22. The van der Waals surface area contributed by atoms with Gasteiger partial charge in [-0.05, 0) is 23.3 Å². The van der Waals surface area contributed by atoms with Crippen LogP contribution in [0.2, 0.25) is 0 Å². The first-order valence-corrected chi connectivity index (χ1v) is 10.5.